The van der Waals surface area contributed by atoms with Crippen molar-refractivity contribution in [3.8, 4) is 0 Å². The minimum absolute atomic E-state index is 0.0212. The lowest BCUT2D eigenvalue weighted by molar-refractivity contribution is -0.120. The van der Waals surface area contributed by atoms with E-state index in [9.17, 15) is 14.4 Å². The second kappa shape index (κ2) is 5.73. The molecule has 2 N–H and O–H groups in total. The Kier molecular flexibility index (Phi) is 4.02. The van der Waals surface area contributed by atoms with Crippen LogP contribution >= 0.6 is 0 Å². The van der Waals surface area contributed by atoms with Gasteiger partial charge < -0.3 is 10.6 Å². The van der Waals surface area contributed by atoms with Crippen molar-refractivity contribution in [1.82, 2.24) is 10.2 Å². The van der Waals surface area contributed by atoms with Gasteiger partial charge in [-0.15, -0.1) is 0 Å². The number of anilines is 1. The summed E-state index contributed by atoms with van der Waals surface area (Å²) < 4.78 is 0. The van der Waals surface area contributed by atoms with E-state index in [2.05, 4.69) is 10.6 Å². The molecular formula is C14H17N3O3. The van der Waals surface area contributed by atoms with Crippen LogP contribution in [0.1, 0.15) is 34.1 Å². The number of benzene rings is 1. The molecule has 6 heteroatoms. The Balaban J connectivity index is 2.01. The number of nitrogens with one attached hydrogen (secondary N) is 2. The number of carbonyl (C=O) groups is 3. The van der Waals surface area contributed by atoms with Gasteiger partial charge in [0.15, 0.2) is 0 Å². The van der Waals surface area contributed by atoms with E-state index < -0.39 is 0 Å². The van der Waals surface area contributed by atoms with Gasteiger partial charge >= 0.3 is 0 Å². The third-order valence-electron chi connectivity index (χ3n) is 3.14. The predicted molar refractivity (Wildman–Crippen MR) is 74.7 cm³/mol. The lowest BCUT2D eigenvalue weighted by Crippen LogP contribution is -2.24. The molecule has 6 nitrogen and oxygen atoms in total. The minimum atomic E-state index is -0.294. The van der Waals surface area contributed by atoms with Gasteiger partial charge in [0.2, 0.25) is 5.91 Å². The van der Waals surface area contributed by atoms with Crippen molar-refractivity contribution in [3.05, 3.63) is 29.3 Å². The highest BCUT2D eigenvalue weighted by atomic mass is 16.2. The number of rotatable bonds is 5. The zero-order valence-electron chi connectivity index (χ0n) is 11.5. The van der Waals surface area contributed by atoms with Gasteiger partial charge in [0.05, 0.1) is 11.1 Å². The molecule has 1 aromatic rings. The molecule has 0 fully saturated rings. The zero-order chi connectivity index (χ0) is 14.7. The molecule has 1 heterocycles. The molecule has 0 aromatic heterocycles. The summed E-state index contributed by atoms with van der Waals surface area (Å²) in [5.74, 6) is -0.594. The summed E-state index contributed by atoms with van der Waals surface area (Å²) in [5.41, 5.74) is 1.55. The van der Waals surface area contributed by atoms with Gasteiger partial charge in [-0.25, -0.2) is 0 Å². The van der Waals surface area contributed by atoms with Crippen LogP contribution in [0.5, 0.6) is 0 Å². The number of imide groups is 1. The highest BCUT2D eigenvalue weighted by Crippen LogP contribution is 2.24. The van der Waals surface area contributed by atoms with E-state index in [0.29, 0.717) is 30.6 Å². The van der Waals surface area contributed by atoms with Gasteiger partial charge in [-0.1, -0.05) is 0 Å². The highest BCUT2D eigenvalue weighted by molar-refractivity contribution is 6.21. The Morgan fingerprint density at radius 2 is 1.90 bits per heavy atom. The molecule has 20 heavy (non-hydrogen) atoms. The number of nitrogens with zero attached hydrogens (tertiary/aromatic N) is 1. The fourth-order valence-corrected chi connectivity index (χ4v) is 2.08. The van der Waals surface area contributed by atoms with Gasteiger partial charge in [-0.05, 0) is 25.1 Å². The first kappa shape index (κ1) is 14.0. The Bertz CT molecular complexity index is 569. The molecule has 3 amide bonds. The molecule has 0 saturated carbocycles. The third kappa shape index (κ3) is 2.64. The smallest absolute Gasteiger partial charge is 0.261 e. The van der Waals surface area contributed by atoms with Gasteiger partial charge in [0, 0.05) is 32.2 Å². The number of amides is 3. The van der Waals surface area contributed by atoms with Crippen molar-refractivity contribution in [2.24, 2.45) is 0 Å². The Hall–Kier alpha value is -2.37. The van der Waals surface area contributed by atoms with Crippen LogP contribution in [0.2, 0.25) is 0 Å². The largest absolute Gasteiger partial charge is 0.385 e. The van der Waals surface area contributed by atoms with Crippen molar-refractivity contribution in [2.75, 3.05) is 25.5 Å². The first-order valence-electron chi connectivity index (χ1n) is 6.51. The van der Waals surface area contributed by atoms with E-state index in [1.54, 1.807) is 18.2 Å². The molecule has 0 atom stereocenters. The Morgan fingerprint density at radius 1 is 1.20 bits per heavy atom. The van der Waals surface area contributed by atoms with Crippen LogP contribution in [-0.4, -0.2) is 42.8 Å². The van der Waals surface area contributed by atoms with Crippen LogP contribution in [-0.2, 0) is 4.79 Å². The first-order valence-corrected chi connectivity index (χ1v) is 6.51. The van der Waals surface area contributed by atoms with Crippen LogP contribution < -0.4 is 10.6 Å². The van der Waals surface area contributed by atoms with E-state index >= 15 is 0 Å². The maximum Gasteiger partial charge on any atom is 0.261 e. The molecular weight excluding hydrogens is 258 g/mol. The van der Waals surface area contributed by atoms with Gasteiger partial charge in [0.1, 0.15) is 0 Å². The molecule has 0 spiro atoms. The molecule has 1 aliphatic rings. The zero-order valence-corrected chi connectivity index (χ0v) is 11.5. The number of carbonyl (C=O) groups excluding carboxylic acids is 3. The lowest BCUT2D eigenvalue weighted by atomic mass is 10.1. The number of hydrogen-bond acceptors (Lipinski definition) is 4. The van der Waals surface area contributed by atoms with E-state index in [4.69, 9.17) is 0 Å². The van der Waals surface area contributed by atoms with E-state index in [0.717, 1.165) is 10.6 Å². The molecule has 106 valence electrons. The molecule has 1 aliphatic heterocycles. The van der Waals surface area contributed by atoms with Gasteiger partial charge in [-0.3, -0.25) is 19.3 Å². The molecule has 1 aromatic carbocycles. The van der Waals surface area contributed by atoms with Crippen molar-refractivity contribution in [1.29, 1.82) is 0 Å². The standard InChI is InChI=1S/C14H17N3O3/c1-3-15-12(18)6-7-16-9-4-5-10-11(8-9)14(20)17(2)13(10)19/h4-5,8,16H,3,6-7H2,1-2H3,(H,15,18). The molecule has 0 saturated heterocycles. The molecule has 0 unspecified atom stereocenters. The monoisotopic (exact) mass is 275 g/mol. The summed E-state index contributed by atoms with van der Waals surface area (Å²) in [6.45, 7) is 2.95. The first-order chi connectivity index (χ1) is 9.54. The van der Waals surface area contributed by atoms with Crippen LogP contribution in [0.15, 0.2) is 18.2 Å². The summed E-state index contributed by atoms with van der Waals surface area (Å²) in [5, 5.41) is 5.78. The van der Waals surface area contributed by atoms with Gasteiger partial charge in [0.25, 0.3) is 11.8 Å². The Labute approximate surface area is 117 Å². The van der Waals surface area contributed by atoms with Crippen LogP contribution in [0.25, 0.3) is 0 Å². The SMILES string of the molecule is CCNC(=O)CCNc1ccc2c(c1)C(=O)N(C)C2=O. The molecule has 2 rings (SSSR count). The molecule has 0 bridgehead atoms. The highest BCUT2D eigenvalue weighted by Gasteiger charge is 2.32. The molecule has 0 aliphatic carbocycles. The van der Waals surface area contributed by atoms with E-state index in [-0.39, 0.29) is 17.7 Å². The fourth-order valence-electron chi connectivity index (χ4n) is 2.08. The topological polar surface area (TPSA) is 78.5 Å². The fraction of sp³-hybridized carbons (Fsp3) is 0.357. The average molecular weight is 275 g/mol. The predicted octanol–water partition coefficient (Wildman–Crippen LogP) is 0.850. The Morgan fingerprint density at radius 3 is 2.60 bits per heavy atom. The number of fused-ring (bicyclic) bond motifs is 1. The number of hydrogen-bond donors (Lipinski definition) is 2. The summed E-state index contributed by atoms with van der Waals surface area (Å²) >= 11 is 0. The molecule has 0 radical (unpaired) electrons. The third-order valence-corrected chi connectivity index (χ3v) is 3.14. The average Bonchev–Trinajstić information content (AvgIpc) is 2.64. The maximum absolute atomic E-state index is 11.8. The summed E-state index contributed by atoms with van der Waals surface area (Å²) in [6.07, 6.45) is 0.359. The van der Waals surface area contributed by atoms with Crippen molar-refractivity contribution >= 4 is 23.4 Å². The summed E-state index contributed by atoms with van der Waals surface area (Å²) in [6, 6.07) is 5.02. The van der Waals surface area contributed by atoms with Crippen molar-refractivity contribution < 1.29 is 14.4 Å². The van der Waals surface area contributed by atoms with Crippen molar-refractivity contribution in [2.45, 2.75) is 13.3 Å². The summed E-state index contributed by atoms with van der Waals surface area (Å²) in [4.78, 5) is 36.0. The lowest BCUT2D eigenvalue weighted by Gasteiger charge is -2.07. The van der Waals surface area contributed by atoms with Crippen LogP contribution in [0, 0.1) is 0 Å². The quantitative estimate of drug-likeness (QED) is 0.781. The maximum atomic E-state index is 11.8. The second-order valence-electron chi connectivity index (χ2n) is 4.56. The second-order valence-corrected chi connectivity index (χ2v) is 4.56. The van der Waals surface area contributed by atoms with E-state index in [1.807, 2.05) is 6.92 Å². The minimum Gasteiger partial charge on any atom is -0.385 e. The summed E-state index contributed by atoms with van der Waals surface area (Å²) in [7, 11) is 1.47. The van der Waals surface area contributed by atoms with Crippen molar-refractivity contribution in [3.63, 3.8) is 0 Å². The van der Waals surface area contributed by atoms with E-state index in [1.165, 1.54) is 7.05 Å². The van der Waals surface area contributed by atoms with Crippen LogP contribution in [0.3, 0.4) is 0 Å². The van der Waals surface area contributed by atoms with Crippen LogP contribution in [0.4, 0.5) is 5.69 Å². The van der Waals surface area contributed by atoms with Gasteiger partial charge in [-0.2, -0.15) is 0 Å². The normalized spacial score (nSPS) is 13.4.